The highest BCUT2D eigenvalue weighted by Crippen LogP contribution is 2.34. The van der Waals surface area contributed by atoms with Gasteiger partial charge in [0.2, 0.25) is 5.89 Å². The fraction of sp³-hybridized carbons (Fsp3) is 0.296. The Bertz CT molecular complexity index is 1380. The van der Waals surface area contributed by atoms with Crippen LogP contribution in [-0.4, -0.2) is 43.5 Å². The number of hydrogen-bond donors (Lipinski definition) is 2. The maximum atomic E-state index is 10.7. The number of hydrogen-bond acceptors (Lipinski definition) is 8. The van der Waals surface area contributed by atoms with Gasteiger partial charge in [-0.2, -0.15) is 4.98 Å². The van der Waals surface area contributed by atoms with E-state index in [0.717, 1.165) is 16.9 Å². The number of benzene rings is 2. The molecule has 0 saturated heterocycles. The molecule has 1 aliphatic rings. The van der Waals surface area contributed by atoms with Crippen molar-refractivity contribution < 1.29 is 23.8 Å². The minimum absolute atomic E-state index is 0.0299. The minimum atomic E-state index is -0.993. The van der Waals surface area contributed by atoms with Crippen molar-refractivity contribution >= 4 is 6.09 Å². The number of carbonyl (C=O) groups is 1. The molecule has 37 heavy (non-hydrogen) atoms. The molecule has 1 fully saturated rings. The maximum Gasteiger partial charge on any atom is 0.404 e. The third kappa shape index (κ3) is 5.53. The van der Waals surface area contributed by atoms with Crippen LogP contribution < -0.4 is 14.8 Å². The molecule has 190 valence electrons. The predicted octanol–water partition coefficient (Wildman–Crippen LogP) is 5.13. The molecule has 0 aliphatic heterocycles. The zero-order chi connectivity index (χ0) is 26.0. The number of ether oxygens (including phenoxy) is 2. The van der Waals surface area contributed by atoms with E-state index in [1.165, 1.54) is 0 Å². The number of aromatic nitrogens is 4. The lowest BCUT2D eigenvalue weighted by atomic mass is 9.78. The first-order valence-corrected chi connectivity index (χ1v) is 11.9. The zero-order valence-corrected chi connectivity index (χ0v) is 20.7. The third-order valence-electron chi connectivity index (χ3n) is 6.46. The molecule has 2 heterocycles. The van der Waals surface area contributed by atoms with E-state index >= 15 is 0 Å². The molecular formula is C27H27N5O5. The van der Waals surface area contributed by atoms with Crippen molar-refractivity contribution in [3.8, 4) is 29.1 Å². The molecule has 0 bridgehead atoms. The van der Waals surface area contributed by atoms with E-state index in [0.29, 0.717) is 36.1 Å². The Balaban J connectivity index is 1.21. The van der Waals surface area contributed by atoms with Gasteiger partial charge in [-0.3, -0.25) is 0 Å². The summed E-state index contributed by atoms with van der Waals surface area (Å²) in [5.74, 6) is 2.15. The van der Waals surface area contributed by atoms with E-state index in [-0.39, 0.29) is 23.6 Å². The number of nitrogens with zero attached hydrogens (tertiary/aromatic N) is 4. The Labute approximate surface area is 213 Å². The first-order chi connectivity index (χ1) is 17.8. The Morgan fingerprint density at radius 1 is 1.00 bits per heavy atom. The number of carboxylic acid groups (broad SMARTS) is 1. The second kappa shape index (κ2) is 9.88. The van der Waals surface area contributed by atoms with E-state index in [1.807, 2.05) is 36.4 Å². The van der Waals surface area contributed by atoms with Crippen LogP contribution in [0.15, 0.2) is 65.2 Å². The number of amides is 1. The van der Waals surface area contributed by atoms with Gasteiger partial charge in [0.05, 0.1) is 0 Å². The van der Waals surface area contributed by atoms with Crippen LogP contribution in [0.5, 0.6) is 17.5 Å². The van der Waals surface area contributed by atoms with E-state index in [1.54, 1.807) is 19.2 Å². The van der Waals surface area contributed by atoms with Gasteiger partial charge in [-0.15, -0.1) is 10.2 Å². The zero-order valence-electron chi connectivity index (χ0n) is 20.7. The molecule has 2 aromatic carbocycles. The summed E-state index contributed by atoms with van der Waals surface area (Å²) in [7, 11) is 0. The fourth-order valence-corrected chi connectivity index (χ4v) is 4.22. The van der Waals surface area contributed by atoms with Gasteiger partial charge in [0.25, 0.3) is 5.89 Å². The van der Waals surface area contributed by atoms with E-state index in [4.69, 9.17) is 19.0 Å². The van der Waals surface area contributed by atoms with Crippen LogP contribution in [0.25, 0.3) is 11.6 Å². The van der Waals surface area contributed by atoms with Crippen molar-refractivity contribution in [3.63, 3.8) is 0 Å². The van der Waals surface area contributed by atoms with Gasteiger partial charge in [0.15, 0.2) is 0 Å². The van der Waals surface area contributed by atoms with Crippen molar-refractivity contribution in [2.24, 2.45) is 0 Å². The van der Waals surface area contributed by atoms with Crippen molar-refractivity contribution in [2.45, 2.75) is 51.2 Å². The van der Waals surface area contributed by atoms with Crippen LogP contribution in [0.2, 0.25) is 0 Å². The molecule has 2 N–H and O–H groups in total. The van der Waals surface area contributed by atoms with Crippen molar-refractivity contribution in [2.75, 3.05) is 0 Å². The summed E-state index contributed by atoms with van der Waals surface area (Å²) in [6, 6.07) is 17.7. The highest BCUT2D eigenvalue weighted by atomic mass is 16.5. The molecule has 0 spiro atoms. The molecule has 0 atom stereocenters. The normalized spacial score (nSPS) is 17.1. The first-order valence-electron chi connectivity index (χ1n) is 11.9. The summed E-state index contributed by atoms with van der Waals surface area (Å²) in [4.78, 5) is 19.2. The number of rotatable bonds is 8. The summed E-state index contributed by atoms with van der Waals surface area (Å²) >= 11 is 0. The predicted molar refractivity (Wildman–Crippen MR) is 134 cm³/mol. The molecule has 10 heteroatoms. The Hall–Kier alpha value is -4.47. The molecule has 0 radical (unpaired) electrons. The SMILES string of the molecule is Cc1nnc(-c2ccnc(Oc3ccc(C(C)(C)c4ccc(O[C@H]5C[C@H](NC(=O)O)C5)cc4)cc3)n2)o1. The molecule has 1 amide bonds. The average molecular weight is 502 g/mol. The van der Waals surface area contributed by atoms with Gasteiger partial charge >= 0.3 is 12.1 Å². The minimum Gasteiger partial charge on any atom is -0.490 e. The standard InChI is InChI=1S/C27H27N5O5/c1-16-31-32-24(35-16)23-12-13-28-25(30-23)37-21-10-6-18(7-11-21)27(2,3)17-4-8-20(9-5-17)36-22-14-19(15-22)29-26(33)34/h4-13,19,22,29H,14-15H2,1-3H3,(H,33,34)/t19-,22-. The van der Waals surface area contributed by atoms with E-state index < -0.39 is 6.09 Å². The van der Waals surface area contributed by atoms with Crippen molar-refractivity contribution in [1.29, 1.82) is 0 Å². The molecule has 2 aromatic heterocycles. The summed E-state index contributed by atoms with van der Waals surface area (Å²) in [5.41, 5.74) is 2.49. The lowest BCUT2D eigenvalue weighted by molar-refractivity contribution is 0.0833. The Morgan fingerprint density at radius 2 is 1.65 bits per heavy atom. The summed E-state index contributed by atoms with van der Waals surface area (Å²) < 4.78 is 17.2. The average Bonchev–Trinajstić information content (AvgIpc) is 3.30. The van der Waals surface area contributed by atoms with Crippen molar-refractivity contribution in [3.05, 3.63) is 77.8 Å². The second-order valence-corrected chi connectivity index (χ2v) is 9.48. The summed E-state index contributed by atoms with van der Waals surface area (Å²) in [6.07, 6.45) is 1.98. The molecule has 4 aromatic rings. The van der Waals surface area contributed by atoms with E-state index in [2.05, 4.69) is 51.5 Å². The van der Waals surface area contributed by atoms with Gasteiger partial charge in [-0.25, -0.2) is 9.78 Å². The van der Waals surface area contributed by atoms with Crippen LogP contribution in [0, 0.1) is 6.92 Å². The lowest BCUT2D eigenvalue weighted by Gasteiger charge is -2.35. The van der Waals surface area contributed by atoms with Crippen LogP contribution in [0.1, 0.15) is 43.7 Å². The third-order valence-corrected chi connectivity index (χ3v) is 6.46. The quantitative estimate of drug-likeness (QED) is 0.337. The highest BCUT2D eigenvalue weighted by Gasteiger charge is 2.32. The molecule has 1 saturated carbocycles. The molecule has 5 rings (SSSR count). The van der Waals surface area contributed by atoms with Crippen LogP contribution in [0.3, 0.4) is 0 Å². The summed E-state index contributed by atoms with van der Waals surface area (Å²) in [6.45, 7) is 6.03. The highest BCUT2D eigenvalue weighted by molar-refractivity contribution is 5.65. The topological polar surface area (TPSA) is 132 Å². The fourth-order valence-electron chi connectivity index (χ4n) is 4.22. The largest absolute Gasteiger partial charge is 0.490 e. The Morgan fingerprint density at radius 3 is 2.24 bits per heavy atom. The number of aryl methyl sites for hydroxylation is 1. The number of nitrogens with one attached hydrogen (secondary N) is 1. The van der Waals surface area contributed by atoms with Gasteiger partial charge < -0.3 is 24.3 Å². The molecule has 1 aliphatic carbocycles. The van der Waals surface area contributed by atoms with Gasteiger partial charge in [-0.1, -0.05) is 38.1 Å². The van der Waals surface area contributed by atoms with Crippen LogP contribution >= 0.6 is 0 Å². The van der Waals surface area contributed by atoms with Gasteiger partial charge in [0.1, 0.15) is 23.3 Å². The smallest absolute Gasteiger partial charge is 0.404 e. The first kappa shape index (κ1) is 24.2. The summed E-state index contributed by atoms with van der Waals surface area (Å²) in [5, 5.41) is 19.1. The van der Waals surface area contributed by atoms with Gasteiger partial charge in [-0.05, 0) is 41.5 Å². The maximum absolute atomic E-state index is 10.7. The molecule has 0 unspecified atom stereocenters. The Kier molecular flexibility index (Phi) is 6.47. The lowest BCUT2D eigenvalue weighted by Crippen LogP contribution is -2.48. The van der Waals surface area contributed by atoms with Crippen LogP contribution in [-0.2, 0) is 5.41 Å². The van der Waals surface area contributed by atoms with Gasteiger partial charge in [0, 0.05) is 37.4 Å². The second-order valence-electron chi connectivity index (χ2n) is 9.48. The van der Waals surface area contributed by atoms with E-state index in [9.17, 15) is 4.79 Å². The molecular weight excluding hydrogens is 474 g/mol. The van der Waals surface area contributed by atoms with Crippen LogP contribution in [0.4, 0.5) is 4.79 Å². The molecule has 10 nitrogen and oxygen atoms in total. The monoisotopic (exact) mass is 501 g/mol. The van der Waals surface area contributed by atoms with Crippen molar-refractivity contribution in [1.82, 2.24) is 25.5 Å².